The number of piperazine rings is 1. The van der Waals surface area contributed by atoms with E-state index >= 15 is 0 Å². The van der Waals surface area contributed by atoms with Crippen molar-refractivity contribution in [1.29, 1.82) is 0 Å². The minimum absolute atomic E-state index is 0.347. The van der Waals surface area contributed by atoms with Crippen LogP contribution in [0, 0.1) is 0 Å². The predicted molar refractivity (Wildman–Crippen MR) is 97.6 cm³/mol. The van der Waals surface area contributed by atoms with Gasteiger partial charge in [-0.15, -0.1) is 0 Å². The lowest BCUT2D eigenvalue weighted by Crippen LogP contribution is -2.52. The minimum Gasteiger partial charge on any atom is -0.492 e. The second-order valence-electron chi connectivity index (χ2n) is 6.61. The van der Waals surface area contributed by atoms with E-state index in [1.54, 1.807) is 0 Å². The Morgan fingerprint density at radius 1 is 1.43 bits per heavy atom. The van der Waals surface area contributed by atoms with Crippen LogP contribution in [0.5, 0.6) is 5.75 Å². The molecule has 0 bridgehead atoms. The molecule has 130 valence electrons. The molecule has 2 atom stereocenters. The average Bonchev–Trinajstić information content (AvgIpc) is 2.52. The first kappa shape index (κ1) is 18.5. The summed E-state index contributed by atoms with van der Waals surface area (Å²) in [7, 11) is 4.25. The second kappa shape index (κ2) is 8.88. The topological polar surface area (TPSA) is 27.7 Å². The van der Waals surface area contributed by atoms with Crippen LogP contribution >= 0.6 is 11.6 Å². The van der Waals surface area contributed by atoms with Crippen molar-refractivity contribution in [1.82, 2.24) is 15.1 Å². The molecule has 1 fully saturated rings. The highest BCUT2D eigenvalue weighted by atomic mass is 35.5. The Bertz CT molecular complexity index is 495. The van der Waals surface area contributed by atoms with Crippen molar-refractivity contribution in [2.75, 3.05) is 46.9 Å². The first-order chi connectivity index (χ1) is 11.0. The van der Waals surface area contributed by atoms with Crippen LogP contribution in [0.4, 0.5) is 0 Å². The van der Waals surface area contributed by atoms with Crippen LogP contribution in [0.15, 0.2) is 18.2 Å². The molecule has 0 aliphatic carbocycles. The van der Waals surface area contributed by atoms with Crippen molar-refractivity contribution in [3.8, 4) is 5.75 Å². The number of rotatable bonds is 7. The molecule has 1 aromatic rings. The predicted octanol–water partition coefficient (Wildman–Crippen LogP) is 3.03. The summed E-state index contributed by atoms with van der Waals surface area (Å²) in [5.41, 5.74) is 1.27. The Morgan fingerprint density at radius 3 is 2.83 bits per heavy atom. The molecule has 1 aliphatic rings. The van der Waals surface area contributed by atoms with Crippen molar-refractivity contribution in [3.63, 3.8) is 0 Å². The van der Waals surface area contributed by atoms with Crippen molar-refractivity contribution in [2.45, 2.75) is 32.4 Å². The number of halogens is 1. The van der Waals surface area contributed by atoms with Gasteiger partial charge in [-0.3, -0.25) is 4.90 Å². The van der Waals surface area contributed by atoms with Gasteiger partial charge in [0.25, 0.3) is 0 Å². The SMILES string of the molecule is CCCOc1ccc(C(CN(C)C)N2CCNCC2C)cc1Cl. The first-order valence-corrected chi connectivity index (χ1v) is 8.94. The third-order valence-corrected chi connectivity index (χ3v) is 4.59. The molecular formula is C18H30ClN3O. The fourth-order valence-corrected chi connectivity index (χ4v) is 3.36. The van der Waals surface area contributed by atoms with Crippen LogP contribution in [0.1, 0.15) is 31.9 Å². The van der Waals surface area contributed by atoms with E-state index in [-0.39, 0.29) is 0 Å². The van der Waals surface area contributed by atoms with Crippen LogP contribution in [0.25, 0.3) is 0 Å². The number of nitrogens with one attached hydrogen (secondary N) is 1. The summed E-state index contributed by atoms with van der Waals surface area (Å²) in [6.45, 7) is 9.21. The summed E-state index contributed by atoms with van der Waals surface area (Å²) in [5.74, 6) is 0.786. The zero-order valence-electron chi connectivity index (χ0n) is 14.8. The average molecular weight is 340 g/mol. The molecule has 1 saturated heterocycles. The molecule has 1 aliphatic heterocycles. The number of nitrogens with zero attached hydrogens (tertiary/aromatic N) is 2. The van der Waals surface area contributed by atoms with Gasteiger partial charge in [-0.05, 0) is 45.1 Å². The molecule has 0 amide bonds. The summed E-state index contributed by atoms with van der Waals surface area (Å²) in [5, 5.41) is 4.18. The minimum atomic E-state index is 0.347. The van der Waals surface area contributed by atoms with Crippen LogP contribution in [-0.4, -0.2) is 62.7 Å². The molecule has 1 N–H and O–H groups in total. The molecule has 4 nitrogen and oxygen atoms in total. The van der Waals surface area contributed by atoms with Gasteiger partial charge in [-0.2, -0.15) is 0 Å². The third-order valence-electron chi connectivity index (χ3n) is 4.29. The van der Waals surface area contributed by atoms with Crippen LogP contribution in [0.3, 0.4) is 0 Å². The maximum Gasteiger partial charge on any atom is 0.137 e. The molecule has 2 rings (SSSR count). The fourth-order valence-electron chi connectivity index (χ4n) is 3.12. The number of ether oxygens (including phenoxy) is 1. The largest absolute Gasteiger partial charge is 0.492 e. The van der Waals surface area contributed by atoms with Crippen molar-refractivity contribution < 1.29 is 4.74 Å². The monoisotopic (exact) mass is 339 g/mol. The lowest BCUT2D eigenvalue weighted by Gasteiger charge is -2.41. The number of hydrogen-bond acceptors (Lipinski definition) is 4. The van der Waals surface area contributed by atoms with Crippen LogP contribution in [-0.2, 0) is 0 Å². The van der Waals surface area contributed by atoms with Crippen LogP contribution < -0.4 is 10.1 Å². The molecule has 0 spiro atoms. The van der Waals surface area contributed by atoms with E-state index in [9.17, 15) is 0 Å². The number of benzene rings is 1. The molecular weight excluding hydrogens is 310 g/mol. The van der Waals surface area contributed by atoms with Crippen molar-refractivity contribution in [3.05, 3.63) is 28.8 Å². The Labute approximate surface area is 145 Å². The summed E-state index contributed by atoms with van der Waals surface area (Å²) in [6.07, 6.45) is 0.986. The summed E-state index contributed by atoms with van der Waals surface area (Å²) < 4.78 is 5.70. The van der Waals surface area contributed by atoms with E-state index in [4.69, 9.17) is 16.3 Å². The van der Waals surface area contributed by atoms with E-state index in [2.05, 4.69) is 55.2 Å². The maximum absolute atomic E-state index is 6.45. The molecule has 1 aromatic carbocycles. The van der Waals surface area contributed by atoms with Gasteiger partial charge in [-0.1, -0.05) is 24.6 Å². The third kappa shape index (κ3) is 5.08. The number of likely N-dealkylation sites (N-methyl/N-ethyl adjacent to an activating group) is 1. The van der Waals surface area contributed by atoms with E-state index in [0.29, 0.717) is 23.7 Å². The quantitative estimate of drug-likeness (QED) is 0.826. The summed E-state index contributed by atoms with van der Waals surface area (Å²) in [6, 6.07) is 7.13. The van der Waals surface area contributed by atoms with Crippen LogP contribution in [0.2, 0.25) is 5.02 Å². The van der Waals surface area contributed by atoms with Gasteiger partial charge >= 0.3 is 0 Å². The van der Waals surface area contributed by atoms with Gasteiger partial charge < -0.3 is 15.0 Å². The van der Waals surface area contributed by atoms with Gasteiger partial charge in [0, 0.05) is 38.3 Å². The molecule has 5 heteroatoms. The van der Waals surface area contributed by atoms with Crippen molar-refractivity contribution >= 4 is 11.6 Å². The molecule has 1 heterocycles. The van der Waals surface area contributed by atoms with E-state index in [1.807, 2.05) is 6.07 Å². The second-order valence-corrected chi connectivity index (χ2v) is 7.01. The van der Waals surface area contributed by atoms with Gasteiger partial charge in [0.15, 0.2) is 0 Å². The number of hydrogen-bond donors (Lipinski definition) is 1. The normalized spacial score (nSPS) is 20.7. The van der Waals surface area contributed by atoms with E-state index in [1.165, 1.54) is 5.56 Å². The van der Waals surface area contributed by atoms with Gasteiger partial charge in [-0.25, -0.2) is 0 Å². The first-order valence-electron chi connectivity index (χ1n) is 8.56. The lowest BCUT2D eigenvalue weighted by atomic mass is 10.0. The zero-order chi connectivity index (χ0) is 16.8. The van der Waals surface area contributed by atoms with Gasteiger partial charge in [0.05, 0.1) is 11.6 Å². The zero-order valence-corrected chi connectivity index (χ0v) is 15.6. The highest BCUT2D eigenvalue weighted by Gasteiger charge is 2.28. The highest BCUT2D eigenvalue weighted by molar-refractivity contribution is 6.32. The standard InChI is InChI=1S/C18H30ClN3O/c1-5-10-23-18-7-6-15(11-16(18)19)17(13-21(3)4)22-9-8-20-12-14(22)2/h6-7,11,14,17,20H,5,8-10,12-13H2,1-4H3. The smallest absolute Gasteiger partial charge is 0.137 e. The molecule has 0 aromatic heterocycles. The fraction of sp³-hybridized carbons (Fsp3) is 0.667. The molecule has 2 unspecified atom stereocenters. The summed E-state index contributed by atoms with van der Waals surface area (Å²) >= 11 is 6.45. The van der Waals surface area contributed by atoms with E-state index in [0.717, 1.165) is 38.3 Å². The van der Waals surface area contributed by atoms with Gasteiger partial charge in [0.2, 0.25) is 0 Å². The summed E-state index contributed by atoms with van der Waals surface area (Å²) in [4.78, 5) is 4.82. The molecule has 23 heavy (non-hydrogen) atoms. The molecule has 0 saturated carbocycles. The Morgan fingerprint density at radius 2 is 2.22 bits per heavy atom. The van der Waals surface area contributed by atoms with E-state index < -0.39 is 0 Å². The highest BCUT2D eigenvalue weighted by Crippen LogP contribution is 2.31. The Kier molecular flexibility index (Phi) is 7.15. The van der Waals surface area contributed by atoms with Gasteiger partial charge in [0.1, 0.15) is 5.75 Å². The Balaban J connectivity index is 2.22. The molecule has 0 radical (unpaired) electrons. The lowest BCUT2D eigenvalue weighted by molar-refractivity contribution is 0.0967. The Hall–Kier alpha value is -0.810. The van der Waals surface area contributed by atoms with Crippen molar-refractivity contribution in [2.24, 2.45) is 0 Å². The maximum atomic E-state index is 6.45.